The van der Waals surface area contributed by atoms with Gasteiger partial charge in [0.25, 0.3) is 0 Å². The van der Waals surface area contributed by atoms with Gasteiger partial charge < -0.3 is 9.84 Å². The molecule has 0 fully saturated rings. The Labute approximate surface area is 131 Å². The Balaban J connectivity index is 1.92. The first-order chi connectivity index (χ1) is 10.8. The summed E-state index contributed by atoms with van der Waals surface area (Å²) >= 11 is 0. The molecular formula is C16H17F3N2O2. The molecule has 0 aliphatic rings. The maximum Gasteiger partial charge on any atom is 0.416 e. The van der Waals surface area contributed by atoms with E-state index in [1.807, 2.05) is 13.8 Å². The van der Waals surface area contributed by atoms with Gasteiger partial charge in [-0.25, -0.2) is 0 Å². The highest BCUT2D eigenvalue weighted by atomic mass is 19.4. The van der Waals surface area contributed by atoms with Crippen LogP contribution >= 0.6 is 0 Å². The molecule has 1 aromatic carbocycles. The fourth-order valence-corrected chi connectivity index (χ4v) is 1.98. The van der Waals surface area contributed by atoms with Crippen LogP contribution in [-0.2, 0) is 23.9 Å². The second-order valence-electron chi connectivity index (χ2n) is 5.52. The molecule has 2 rings (SSSR count). The first-order valence-corrected chi connectivity index (χ1v) is 7.14. The number of alkyl halides is 3. The molecule has 23 heavy (non-hydrogen) atoms. The molecule has 0 unspecified atom stereocenters. The molecule has 0 aliphatic heterocycles. The molecule has 7 heteroatoms. The van der Waals surface area contributed by atoms with Crippen LogP contribution < -0.4 is 5.32 Å². The lowest BCUT2D eigenvalue weighted by atomic mass is 10.1. The van der Waals surface area contributed by atoms with Crippen LogP contribution in [0.3, 0.4) is 0 Å². The second kappa shape index (κ2) is 6.85. The summed E-state index contributed by atoms with van der Waals surface area (Å²) in [5.74, 6) is 0.339. The van der Waals surface area contributed by atoms with Crippen molar-refractivity contribution in [3.63, 3.8) is 0 Å². The minimum atomic E-state index is -4.42. The zero-order valence-electron chi connectivity index (χ0n) is 12.8. The summed E-state index contributed by atoms with van der Waals surface area (Å²) in [4.78, 5) is 11.8. The van der Waals surface area contributed by atoms with Crippen LogP contribution in [0.15, 0.2) is 34.9 Å². The smallest absolute Gasteiger partial charge is 0.359 e. The Morgan fingerprint density at radius 2 is 2.04 bits per heavy atom. The molecule has 2 aromatic rings. The minimum absolute atomic E-state index is 0.130. The van der Waals surface area contributed by atoms with E-state index in [0.717, 1.165) is 17.8 Å². The number of rotatable bonds is 5. The molecule has 0 bridgehead atoms. The number of nitrogens with zero attached hydrogens (tertiary/aromatic N) is 1. The van der Waals surface area contributed by atoms with Crippen molar-refractivity contribution in [3.05, 3.63) is 52.9 Å². The number of hydrogen-bond acceptors (Lipinski definition) is 3. The first kappa shape index (κ1) is 17.1. The van der Waals surface area contributed by atoms with Gasteiger partial charge >= 0.3 is 6.18 Å². The molecule has 0 saturated heterocycles. The van der Waals surface area contributed by atoms with Crippen molar-refractivity contribution >= 4 is 5.91 Å². The van der Waals surface area contributed by atoms with Crippen LogP contribution in [0.5, 0.6) is 0 Å². The lowest BCUT2D eigenvalue weighted by Crippen LogP contribution is -2.24. The summed E-state index contributed by atoms with van der Waals surface area (Å²) in [6.45, 7) is 4.08. The van der Waals surface area contributed by atoms with Gasteiger partial charge in [0.2, 0.25) is 5.91 Å². The van der Waals surface area contributed by atoms with Crippen molar-refractivity contribution in [2.24, 2.45) is 0 Å². The van der Waals surface area contributed by atoms with Gasteiger partial charge in [-0.2, -0.15) is 13.2 Å². The summed E-state index contributed by atoms with van der Waals surface area (Å²) < 4.78 is 42.9. The predicted molar refractivity (Wildman–Crippen MR) is 77.6 cm³/mol. The lowest BCUT2D eigenvalue weighted by Gasteiger charge is -2.08. The zero-order chi connectivity index (χ0) is 17.0. The van der Waals surface area contributed by atoms with Gasteiger partial charge in [0.05, 0.1) is 24.2 Å². The van der Waals surface area contributed by atoms with E-state index < -0.39 is 11.7 Å². The summed E-state index contributed by atoms with van der Waals surface area (Å²) in [7, 11) is 0. The highest BCUT2D eigenvalue weighted by Crippen LogP contribution is 2.29. The zero-order valence-corrected chi connectivity index (χ0v) is 12.8. The van der Waals surface area contributed by atoms with Crippen molar-refractivity contribution in [3.8, 4) is 0 Å². The van der Waals surface area contributed by atoms with Crippen LogP contribution in [0, 0.1) is 0 Å². The third-order valence-electron chi connectivity index (χ3n) is 3.25. The third kappa shape index (κ3) is 4.84. The van der Waals surface area contributed by atoms with Gasteiger partial charge in [-0.15, -0.1) is 0 Å². The van der Waals surface area contributed by atoms with E-state index in [4.69, 9.17) is 4.52 Å². The maximum absolute atomic E-state index is 12.6. The number of carbonyl (C=O) groups is 1. The third-order valence-corrected chi connectivity index (χ3v) is 3.25. The molecule has 0 radical (unpaired) electrons. The molecule has 124 valence electrons. The Hall–Kier alpha value is -2.31. The number of amides is 1. The summed E-state index contributed by atoms with van der Waals surface area (Å²) in [5, 5.41) is 6.47. The largest absolute Gasteiger partial charge is 0.416 e. The van der Waals surface area contributed by atoms with Crippen LogP contribution in [0.25, 0.3) is 0 Å². The average molecular weight is 326 g/mol. The second-order valence-corrected chi connectivity index (χ2v) is 5.52. The van der Waals surface area contributed by atoms with E-state index in [1.54, 1.807) is 6.07 Å². The molecule has 0 aliphatic carbocycles. The quantitative estimate of drug-likeness (QED) is 0.912. The van der Waals surface area contributed by atoms with Crippen molar-refractivity contribution in [2.75, 3.05) is 0 Å². The predicted octanol–water partition coefficient (Wildman–Crippen LogP) is 3.68. The fraction of sp³-hybridized carbons (Fsp3) is 0.375. The van der Waals surface area contributed by atoms with Gasteiger partial charge in [0.15, 0.2) is 5.76 Å². The minimum Gasteiger partial charge on any atom is -0.359 e. The van der Waals surface area contributed by atoms with E-state index in [1.165, 1.54) is 12.1 Å². The highest BCUT2D eigenvalue weighted by Gasteiger charge is 2.30. The molecule has 1 amide bonds. The summed E-state index contributed by atoms with van der Waals surface area (Å²) in [6.07, 6.45) is -4.55. The van der Waals surface area contributed by atoms with E-state index in [9.17, 15) is 18.0 Å². The molecule has 0 spiro atoms. The van der Waals surface area contributed by atoms with Crippen LogP contribution in [0.4, 0.5) is 13.2 Å². The lowest BCUT2D eigenvalue weighted by molar-refractivity contribution is -0.137. The van der Waals surface area contributed by atoms with Crippen LogP contribution in [-0.4, -0.2) is 11.1 Å². The van der Waals surface area contributed by atoms with Gasteiger partial charge in [0, 0.05) is 6.07 Å². The molecular weight excluding hydrogens is 309 g/mol. The number of halogens is 3. The summed E-state index contributed by atoms with van der Waals surface area (Å²) in [5.41, 5.74) is 0.324. The Morgan fingerprint density at radius 3 is 2.65 bits per heavy atom. The topological polar surface area (TPSA) is 55.1 Å². The standard InChI is InChI=1S/C16H17F3N2O2/c1-10(2)14-8-13(23-21-14)9-20-15(22)7-11-4-3-5-12(6-11)16(17,18)19/h3-6,8,10H,7,9H2,1-2H3,(H,20,22). The Kier molecular flexibility index (Phi) is 5.08. The van der Waals surface area contributed by atoms with Crippen molar-refractivity contribution < 1.29 is 22.5 Å². The maximum atomic E-state index is 12.6. The fourth-order valence-electron chi connectivity index (χ4n) is 1.98. The van der Waals surface area contributed by atoms with Crippen LogP contribution in [0.1, 0.15) is 42.3 Å². The van der Waals surface area contributed by atoms with Crippen molar-refractivity contribution in [2.45, 2.75) is 38.9 Å². The molecule has 0 atom stereocenters. The van der Waals surface area contributed by atoms with E-state index in [0.29, 0.717) is 11.3 Å². The van der Waals surface area contributed by atoms with Crippen molar-refractivity contribution in [1.82, 2.24) is 10.5 Å². The van der Waals surface area contributed by atoms with Crippen molar-refractivity contribution in [1.29, 1.82) is 0 Å². The van der Waals surface area contributed by atoms with E-state index in [-0.39, 0.29) is 24.8 Å². The first-order valence-electron chi connectivity index (χ1n) is 7.14. The molecule has 1 heterocycles. The number of carbonyl (C=O) groups excluding carboxylic acids is 1. The van der Waals surface area contributed by atoms with Gasteiger partial charge in [-0.1, -0.05) is 37.2 Å². The molecule has 4 nitrogen and oxygen atoms in total. The number of hydrogen-bond donors (Lipinski definition) is 1. The summed E-state index contributed by atoms with van der Waals surface area (Å²) in [6, 6.07) is 6.47. The van der Waals surface area contributed by atoms with Gasteiger partial charge in [0.1, 0.15) is 0 Å². The van der Waals surface area contributed by atoms with E-state index >= 15 is 0 Å². The average Bonchev–Trinajstić information content (AvgIpc) is 2.94. The molecule has 1 N–H and O–H groups in total. The number of benzene rings is 1. The van der Waals surface area contributed by atoms with E-state index in [2.05, 4.69) is 10.5 Å². The Bertz CT molecular complexity index is 678. The normalized spacial score (nSPS) is 11.7. The molecule has 1 aromatic heterocycles. The SMILES string of the molecule is CC(C)c1cc(CNC(=O)Cc2cccc(C(F)(F)F)c2)on1. The molecule has 0 saturated carbocycles. The Morgan fingerprint density at radius 1 is 1.30 bits per heavy atom. The van der Waals surface area contributed by atoms with Crippen LogP contribution in [0.2, 0.25) is 0 Å². The highest BCUT2D eigenvalue weighted by molar-refractivity contribution is 5.78. The number of aromatic nitrogens is 1. The van der Waals surface area contributed by atoms with Gasteiger partial charge in [-0.05, 0) is 17.5 Å². The van der Waals surface area contributed by atoms with Gasteiger partial charge in [-0.3, -0.25) is 4.79 Å². The number of nitrogens with one attached hydrogen (secondary N) is 1. The monoisotopic (exact) mass is 326 g/mol.